The molecule has 0 saturated carbocycles. The van der Waals surface area contributed by atoms with Gasteiger partial charge < -0.3 is 26.6 Å². The number of nitrogen functional groups attached to an aromatic ring is 1. The molecule has 0 radical (unpaired) electrons. The molecule has 2 aliphatic heterocycles. The summed E-state index contributed by atoms with van der Waals surface area (Å²) in [4.78, 5) is 46.1. The molecule has 2 aliphatic rings. The number of fused-ring (bicyclic) bond motifs is 1. The maximum absolute atomic E-state index is 12.8. The van der Waals surface area contributed by atoms with Crippen molar-refractivity contribution < 1.29 is 14.4 Å². The Kier molecular flexibility index (Phi) is 6.22. The summed E-state index contributed by atoms with van der Waals surface area (Å²) in [6, 6.07) is 5.49. The zero-order valence-corrected chi connectivity index (χ0v) is 18.3. The number of aromatic nitrogens is 1. The molecule has 0 spiro atoms. The lowest BCUT2D eigenvalue weighted by Crippen LogP contribution is -2.57. The summed E-state index contributed by atoms with van der Waals surface area (Å²) in [6.07, 6.45) is 1.89. The van der Waals surface area contributed by atoms with E-state index in [0.29, 0.717) is 49.9 Å². The van der Waals surface area contributed by atoms with E-state index in [2.05, 4.69) is 15.2 Å². The molecular weight excluding hydrogens is 434 g/mol. The zero-order chi connectivity index (χ0) is 22.8. The molecule has 1 unspecified atom stereocenters. The smallest absolute Gasteiger partial charge is 0.321 e. The molecule has 1 atom stereocenters. The summed E-state index contributed by atoms with van der Waals surface area (Å²) in [7, 11) is 0. The van der Waals surface area contributed by atoms with Gasteiger partial charge in [-0.25, -0.2) is 14.6 Å². The van der Waals surface area contributed by atoms with Gasteiger partial charge in [-0.05, 0) is 37.5 Å². The maximum Gasteiger partial charge on any atom is 0.321 e. The van der Waals surface area contributed by atoms with Crippen LogP contribution in [0.15, 0.2) is 24.3 Å². The van der Waals surface area contributed by atoms with Crippen molar-refractivity contribution in [1.82, 2.24) is 20.1 Å². The molecular formula is C21H26ClN7O3. The van der Waals surface area contributed by atoms with E-state index >= 15 is 0 Å². The Balaban J connectivity index is 1.42. The van der Waals surface area contributed by atoms with Crippen molar-refractivity contribution in [3.63, 3.8) is 0 Å². The highest BCUT2D eigenvalue weighted by Crippen LogP contribution is 2.30. The number of piperazine rings is 1. The molecule has 0 bridgehead atoms. The van der Waals surface area contributed by atoms with Gasteiger partial charge in [-0.1, -0.05) is 11.6 Å². The molecule has 2 fully saturated rings. The Hall–Kier alpha value is -3.27. The minimum Gasteiger partial charge on any atom is -0.384 e. The third-order valence-corrected chi connectivity index (χ3v) is 6.16. The van der Waals surface area contributed by atoms with Gasteiger partial charge in [0.25, 0.3) is 5.91 Å². The summed E-state index contributed by atoms with van der Waals surface area (Å²) in [5.74, 6) is -0.0415. The summed E-state index contributed by atoms with van der Waals surface area (Å²) >= 11 is 6.09. The largest absolute Gasteiger partial charge is 0.384 e. The second kappa shape index (κ2) is 9.07. The Bertz CT molecular complexity index is 1050. The molecule has 4 rings (SSSR count). The molecule has 2 aromatic rings. The normalized spacial score (nSPS) is 19.7. The molecule has 0 aliphatic carbocycles. The number of halogens is 1. The molecule has 170 valence electrons. The van der Waals surface area contributed by atoms with E-state index in [0.717, 1.165) is 27.9 Å². The van der Waals surface area contributed by atoms with Gasteiger partial charge in [0.15, 0.2) is 0 Å². The number of carbonyl (C=O) groups is 3. The van der Waals surface area contributed by atoms with E-state index < -0.39 is 18.0 Å². The van der Waals surface area contributed by atoms with Gasteiger partial charge in [0.2, 0.25) is 0 Å². The molecule has 11 heteroatoms. The van der Waals surface area contributed by atoms with Crippen LogP contribution in [0.5, 0.6) is 0 Å². The predicted molar refractivity (Wildman–Crippen MR) is 122 cm³/mol. The van der Waals surface area contributed by atoms with Gasteiger partial charge in [-0.3, -0.25) is 9.69 Å². The lowest BCUT2D eigenvalue weighted by molar-refractivity contribution is -0.129. The van der Waals surface area contributed by atoms with Gasteiger partial charge in [-0.15, -0.1) is 0 Å². The summed E-state index contributed by atoms with van der Waals surface area (Å²) < 4.78 is 0. The second-order valence-corrected chi connectivity index (χ2v) is 8.46. The quantitative estimate of drug-likeness (QED) is 0.625. The first-order chi connectivity index (χ1) is 15.3. The number of likely N-dealkylation sites (tertiary alicyclic amines) is 1. The molecule has 5 N–H and O–H groups in total. The van der Waals surface area contributed by atoms with Crippen molar-refractivity contribution in [3.8, 4) is 0 Å². The van der Waals surface area contributed by atoms with Crippen LogP contribution < -0.4 is 21.7 Å². The van der Waals surface area contributed by atoms with Crippen molar-refractivity contribution in [3.05, 3.63) is 29.3 Å². The zero-order valence-electron chi connectivity index (χ0n) is 17.6. The SMILES string of the molecule is NC(=O)N1CCCCC(NC(=O)N2CCN(c3cc(N)nc4cc(Cl)ccc34)CC2)C1=O. The monoisotopic (exact) mass is 459 g/mol. The van der Waals surface area contributed by atoms with Crippen LogP contribution in [0.1, 0.15) is 19.3 Å². The fourth-order valence-corrected chi connectivity index (χ4v) is 4.41. The van der Waals surface area contributed by atoms with E-state index in [1.807, 2.05) is 18.2 Å². The van der Waals surface area contributed by atoms with Crippen LogP contribution in [0.2, 0.25) is 5.02 Å². The molecule has 5 amide bonds. The van der Waals surface area contributed by atoms with Gasteiger partial charge in [0.05, 0.1) is 5.52 Å². The van der Waals surface area contributed by atoms with Crippen LogP contribution in [0.3, 0.4) is 0 Å². The van der Waals surface area contributed by atoms with Crippen LogP contribution in [0.25, 0.3) is 10.9 Å². The van der Waals surface area contributed by atoms with Gasteiger partial charge >= 0.3 is 12.1 Å². The number of pyridine rings is 1. The number of nitrogens with two attached hydrogens (primary N) is 2. The number of hydrogen-bond donors (Lipinski definition) is 3. The number of imide groups is 1. The number of urea groups is 2. The van der Waals surface area contributed by atoms with E-state index in [4.69, 9.17) is 23.1 Å². The first-order valence-electron chi connectivity index (χ1n) is 10.6. The van der Waals surface area contributed by atoms with Crippen molar-refractivity contribution in [2.45, 2.75) is 25.3 Å². The maximum atomic E-state index is 12.8. The molecule has 2 saturated heterocycles. The molecule has 10 nitrogen and oxygen atoms in total. The number of primary amides is 1. The highest BCUT2D eigenvalue weighted by atomic mass is 35.5. The number of carbonyl (C=O) groups excluding carboxylic acids is 3. The first kappa shape index (κ1) is 21.9. The molecule has 1 aromatic carbocycles. The van der Waals surface area contributed by atoms with Crippen molar-refractivity contribution in [2.75, 3.05) is 43.4 Å². The Labute approximate surface area is 190 Å². The highest BCUT2D eigenvalue weighted by molar-refractivity contribution is 6.31. The third kappa shape index (κ3) is 4.50. The molecule has 3 heterocycles. The van der Waals surface area contributed by atoms with Crippen LogP contribution in [0, 0.1) is 0 Å². The van der Waals surface area contributed by atoms with Crippen molar-refractivity contribution in [2.24, 2.45) is 5.73 Å². The number of nitrogens with zero attached hydrogens (tertiary/aromatic N) is 4. The van der Waals surface area contributed by atoms with Gasteiger partial charge in [0, 0.05) is 54.9 Å². The predicted octanol–water partition coefficient (Wildman–Crippen LogP) is 1.76. The minimum atomic E-state index is -0.782. The van der Waals surface area contributed by atoms with Crippen LogP contribution in [-0.2, 0) is 4.79 Å². The van der Waals surface area contributed by atoms with Crippen molar-refractivity contribution >= 4 is 52.0 Å². The Morgan fingerprint density at radius 3 is 2.56 bits per heavy atom. The standard InChI is InChI=1S/C21H26ClN7O3/c22-13-4-5-14-16(11-13)25-18(23)12-17(14)27-7-9-28(10-8-27)21(32)26-15-3-1-2-6-29(19(15)30)20(24)31/h4-5,11-12,15H,1-3,6-10H2,(H2,23,25)(H2,24,31)(H,26,32). The average Bonchev–Trinajstić information content (AvgIpc) is 2.94. The van der Waals surface area contributed by atoms with Gasteiger partial charge in [0.1, 0.15) is 11.9 Å². The Morgan fingerprint density at radius 1 is 1.09 bits per heavy atom. The number of nitrogens with one attached hydrogen (secondary N) is 1. The molecule has 32 heavy (non-hydrogen) atoms. The average molecular weight is 460 g/mol. The second-order valence-electron chi connectivity index (χ2n) is 8.03. The van der Waals surface area contributed by atoms with Gasteiger partial charge in [-0.2, -0.15) is 0 Å². The van der Waals surface area contributed by atoms with Crippen LogP contribution in [0.4, 0.5) is 21.1 Å². The minimum absolute atomic E-state index is 0.285. The number of benzene rings is 1. The topological polar surface area (TPSA) is 138 Å². The highest BCUT2D eigenvalue weighted by Gasteiger charge is 2.32. The van der Waals surface area contributed by atoms with Crippen LogP contribution >= 0.6 is 11.6 Å². The summed E-state index contributed by atoms with van der Waals surface area (Å²) in [5.41, 5.74) is 13.0. The van der Waals surface area contributed by atoms with E-state index in [9.17, 15) is 14.4 Å². The van der Waals surface area contributed by atoms with Crippen molar-refractivity contribution in [1.29, 1.82) is 0 Å². The number of rotatable bonds is 2. The number of amides is 5. The van der Waals surface area contributed by atoms with E-state index in [-0.39, 0.29) is 12.6 Å². The third-order valence-electron chi connectivity index (χ3n) is 5.93. The number of anilines is 2. The van der Waals surface area contributed by atoms with E-state index in [1.165, 1.54) is 0 Å². The summed E-state index contributed by atoms with van der Waals surface area (Å²) in [5, 5.41) is 4.32. The lowest BCUT2D eigenvalue weighted by Gasteiger charge is -2.37. The summed E-state index contributed by atoms with van der Waals surface area (Å²) in [6.45, 7) is 2.43. The lowest BCUT2D eigenvalue weighted by atomic mass is 10.1. The Morgan fingerprint density at radius 2 is 1.84 bits per heavy atom. The number of hydrogen-bond acceptors (Lipinski definition) is 6. The fourth-order valence-electron chi connectivity index (χ4n) is 4.25. The van der Waals surface area contributed by atoms with Crippen LogP contribution in [-0.4, -0.2) is 71.5 Å². The fraction of sp³-hybridized carbons (Fsp3) is 0.429. The van der Waals surface area contributed by atoms with E-state index in [1.54, 1.807) is 11.0 Å². The first-order valence-corrected chi connectivity index (χ1v) is 11.0. The molecule has 1 aromatic heterocycles.